The number of sulfone groups is 2. The summed E-state index contributed by atoms with van der Waals surface area (Å²) >= 11 is 0. The first-order valence-electron chi connectivity index (χ1n) is 5.59. The average Bonchev–Trinajstić information content (AvgIpc) is 2.32. The molecule has 1 unspecified atom stereocenters. The van der Waals surface area contributed by atoms with Crippen molar-refractivity contribution >= 4 is 19.7 Å². The van der Waals surface area contributed by atoms with E-state index < -0.39 is 59.6 Å². The standard InChI is InChI=1S/C8H8F10O5S2/c1-3(19)2-4(24(20,21)7(15,16)5(9,10)11)25(22,23)8(17,18)6(12,13)14/h3-4,19H,2H2,1H3. The molecule has 1 atom stereocenters. The van der Waals surface area contributed by atoms with Crippen molar-refractivity contribution in [1.29, 1.82) is 0 Å². The van der Waals surface area contributed by atoms with Gasteiger partial charge < -0.3 is 5.11 Å². The molecule has 0 amide bonds. The number of halogens is 10. The van der Waals surface area contributed by atoms with Crippen LogP contribution >= 0.6 is 0 Å². The Balaban J connectivity index is 6.71. The fourth-order valence-electron chi connectivity index (χ4n) is 1.35. The van der Waals surface area contributed by atoms with Gasteiger partial charge in [-0.3, -0.25) is 0 Å². The molecule has 0 radical (unpaired) electrons. The Labute approximate surface area is 133 Å². The van der Waals surface area contributed by atoms with Gasteiger partial charge in [0.25, 0.3) is 0 Å². The van der Waals surface area contributed by atoms with E-state index in [-0.39, 0.29) is 0 Å². The maximum absolute atomic E-state index is 13.0. The van der Waals surface area contributed by atoms with E-state index in [1.54, 1.807) is 0 Å². The molecule has 17 heteroatoms. The first-order valence-corrected chi connectivity index (χ1v) is 8.68. The average molecular weight is 438 g/mol. The van der Waals surface area contributed by atoms with E-state index in [1.807, 2.05) is 0 Å². The molecule has 0 aromatic carbocycles. The predicted octanol–water partition coefficient (Wildman–Crippen LogP) is 2.22. The molecule has 0 spiro atoms. The fourth-order valence-corrected chi connectivity index (χ4v) is 5.78. The highest BCUT2D eigenvalue weighted by Crippen LogP contribution is 2.48. The Kier molecular flexibility index (Phi) is 6.18. The number of hydrogen-bond donors (Lipinski definition) is 1. The van der Waals surface area contributed by atoms with Gasteiger partial charge in [0.05, 0.1) is 6.10 Å². The number of rotatable bonds is 6. The molecule has 0 aromatic heterocycles. The monoisotopic (exact) mass is 438 g/mol. The van der Waals surface area contributed by atoms with Gasteiger partial charge in [-0.15, -0.1) is 0 Å². The second kappa shape index (κ2) is 6.40. The summed E-state index contributed by atoms with van der Waals surface area (Å²) in [6.07, 6.45) is -18.8. The predicted molar refractivity (Wildman–Crippen MR) is 59.9 cm³/mol. The fraction of sp³-hybridized carbons (Fsp3) is 1.00. The van der Waals surface area contributed by atoms with Crippen LogP contribution in [-0.4, -0.2) is 55.5 Å². The number of aliphatic hydroxyl groups excluding tert-OH is 1. The molecule has 5 nitrogen and oxygen atoms in total. The smallest absolute Gasteiger partial charge is 0.393 e. The van der Waals surface area contributed by atoms with Crippen molar-refractivity contribution in [3.8, 4) is 0 Å². The lowest BCUT2D eigenvalue weighted by Gasteiger charge is -2.29. The van der Waals surface area contributed by atoms with Gasteiger partial charge in [-0.05, 0) is 6.92 Å². The van der Waals surface area contributed by atoms with E-state index >= 15 is 0 Å². The molecule has 0 bridgehead atoms. The van der Waals surface area contributed by atoms with Crippen LogP contribution in [0.5, 0.6) is 0 Å². The zero-order valence-electron chi connectivity index (χ0n) is 11.5. The lowest BCUT2D eigenvalue weighted by molar-refractivity contribution is -0.242. The highest BCUT2D eigenvalue weighted by Gasteiger charge is 2.76. The largest absolute Gasteiger partial charge is 0.469 e. The van der Waals surface area contributed by atoms with E-state index in [0.717, 1.165) is 0 Å². The molecule has 0 fully saturated rings. The van der Waals surface area contributed by atoms with Crippen molar-refractivity contribution < 1.29 is 65.8 Å². The van der Waals surface area contributed by atoms with Gasteiger partial charge in [0.2, 0.25) is 19.7 Å². The maximum atomic E-state index is 13.0. The van der Waals surface area contributed by atoms with Gasteiger partial charge in [-0.1, -0.05) is 0 Å². The van der Waals surface area contributed by atoms with Crippen LogP contribution in [-0.2, 0) is 19.7 Å². The minimum Gasteiger partial charge on any atom is -0.393 e. The Morgan fingerprint density at radius 2 is 0.960 bits per heavy atom. The summed E-state index contributed by atoms with van der Waals surface area (Å²) in [6, 6.07) is 0. The number of alkyl halides is 10. The van der Waals surface area contributed by atoms with Crippen LogP contribution in [0.3, 0.4) is 0 Å². The van der Waals surface area contributed by atoms with Gasteiger partial charge in [-0.2, -0.15) is 43.9 Å². The Morgan fingerprint density at radius 1 is 0.720 bits per heavy atom. The zero-order chi connectivity index (χ0) is 20.9. The van der Waals surface area contributed by atoms with Crippen molar-refractivity contribution in [3.63, 3.8) is 0 Å². The Morgan fingerprint density at radius 3 is 1.12 bits per heavy atom. The summed E-state index contributed by atoms with van der Waals surface area (Å²) in [5.41, 5.74) is 0. The summed E-state index contributed by atoms with van der Waals surface area (Å²) < 4.78 is 166. The van der Waals surface area contributed by atoms with Gasteiger partial charge >= 0.3 is 22.9 Å². The summed E-state index contributed by atoms with van der Waals surface area (Å²) in [7, 11) is -15.1. The van der Waals surface area contributed by atoms with Gasteiger partial charge in [0.1, 0.15) is 0 Å². The van der Waals surface area contributed by atoms with Gasteiger partial charge in [-0.25, -0.2) is 16.8 Å². The summed E-state index contributed by atoms with van der Waals surface area (Å²) in [6.45, 7) is 0.371. The molecular formula is C8H8F10O5S2. The highest BCUT2D eigenvalue weighted by molar-refractivity contribution is 8.10. The van der Waals surface area contributed by atoms with Crippen LogP contribution in [0.2, 0.25) is 0 Å². The van der Waals surface area contributed by atoms with Crippen LogP contribution in [0.15, 0.2) is 0 Å². The van der Waals surface area contributed by atoms with E-state index in [0.29, 0.717) is 6.92 Å². The van der Waals surface area contributed by atoms with Crippen LogP contribution in [0.25, 0.3) is 0 Å². The van der Waals surface area contributed by atoms with E-state index in [2.05, 4.69) is 0 Å². The van der Waals surface area contributed by atoms with Crippen LogP contribution in [0.4, 0.5) is 43.9 Å². The molecule has 1 N–H and O–H groups in total. The van der Waals surface area contributed by atoms with Gasteiger partial charge in [0.15, 0.2) is 4.58 Å². The van der Waals surface area contributed by atoms with Crippen molar-refractivity contribution in [3.05, 3.63) is 0 Å². The molecule has 0 aliphatic heterocycles. The highest BCUT2D eigenvalue weighted by atomic mass is 32.3. The minimum atomic E-state index is -7.54. The third kappa shape index (κ3) is 3.96. The molecule has 0 aromatic rings. The first kappa shape index (κ1) is 24.2. The second-order valence-corrected chi connectivity index (χ2v) is 9.28. The second-order valence-electron chi connectivity index (χ2n) is 4.63. The molecule has 152 valence electrons. The molecule has 25 heavy (non-hydrogen) atoms. The molecule has 0 rings (SSSR count). The normalized spacial score (nSPS) is 17.0. The topological polar surface area (TPSA) is 88.5 Å². The molecular weight excluding hydrogens is 430 g/mol. The van der Waals surface area contributed by atoms with Crippen LogP contribution < -0.4 is 0 Å². The van der Waals surface area contributed by atoms with E-state index in [9.17, 15) is 60.7 Å². The first-order chi connectivity index (χ1) is 10.5. The molecule has 0 saturated heterocycles. The van der Waals surface area contributed by atoms with Crippen molar-refractivity contribution in [2.45, 2.75) is 46.9 Å². The molecule has 0 heterocycles. The molecule has 0 saturated carbocycles. The molecule has 0 aliphatic carbocycles. The summed E-state index contributed by atoms with van der Waals surface area (Å²) in [5.74, 6) is 0. The third-order valence-corrected chi connectivity index (χ3v) is 7.78. The zero-order valence-corrected chi connectivity index (χ0v) is 13.2. The summed E-state index contributed by atoms with van der Waals surface area (Å²) in [4.78, 5) is 0. The molecule has 0 aliphatic rings. The van der Waals surface area contributed by atoms with Crippen LogP contribution in [0.1, 0.15) is 13.3 Å². The maximum Gasteiger partial charge on any atom is 0.469 e. The van der Waals surface area contributed by atoms with E-state index in [4.69, 9.17) is 5.11 Å². The quantitative estimate of drug-likeness (QED) is 0.643. The van der Waals surface area contributed by atoms with E-state index in [1.165, 1.54) is 0 Å². The third-order valence-electron chi connectivity index (χ3n) is 2.60. The SMILES string of the molecule is CC(O)CC(S(=O)(=O)C(F)(F)C(F)(F)F)S(=O)(=O)C(F)(F)C(F)(F)F. The lowest BCUT2D eigenvalue weighted by Crippen LogP contribution is -2.56. The van der Waals surface area contributed by atoms with Crippen molar-refractivity contribution in [2.75, 3.05) is 0 Å². The Hall–Kier alpha value is -0.840. The summed E-state index contributed by atoms with van der Waals surface area (Å²) in [5, 5.41) is -5.15. The number of aliphatic hydroxyl groups is 1. The van der Waals surface area contributed by atoms with Gasteiger partial charge in [0, 0.05) is 6.42 Å². The van der Waals surface area contributed by atoms with Crippen molar-refractivity contribution in [2.24, 2.45) is 0 Å². The lowest BCUT2D eigenvalue weighted by atomic mass is 10.3. The number of hydrogen-bond acceptors (Lipinski definition) is 5. The minimum absolute atomic E-state index is 0.371. The Bertz CT molecular complexity index is 632. The van der Waals surface area contributed by atoms with Crippen molar-refractivity contribution in [1.82, 2.24) is 0 Å². The van der Waals surface area contributed by atoms with Crippen LogP contribution in [0, 0.1) is 0 Å².